The van der Waals surface area contributed by atoms with Gasteiger partial charge in [0.1, 0.15) is 0 Å². The fourth-order valence-corrected chi connectivity index (χ4v) is 2.86. The molecule has 2 N–H and O–H groups in total. The maximum Gasteiger partial charge on any atom is 0.573 e. The highest BCUT2D eigenvalue weighted by molar-refractivity contribution is 6.08. The van der Waals surface area contributed by atoms with Crippen LogP contribution in [0.15, 0.2) is 48.5 Å². The van der Waals surface area contributed by atoms with Crippen LogP contribution in [0.1, 0.15) is 13.3 Å². The molecule has 0 unspecified atom stereocenters. The van der Waals surface area contributed by atoms with Gasteiger partial charge in [0.25, 0.3) is 0 Å². The van der Waals surface area contributed by atoms with Crippen LogP contribution in [0.2, 0.25) is 0 Å². The van der Waals surface area contributed by atoms with E-state index >= 15 is 0 Å². The van der Waals surface area contributed by atoms with Crippen LogP contribution in [-0.2, 0) is 4.79 Å². The standard InChI is InChI=1S/C18H16F3N3O3/c1-11-10-16(25)22-12-6-2-4-8-14(12)24(11)17(26)23-13-7-3-5-9-15(13)27-18(19,20)21/h2-9,11H,10H2,1H3,(H,22,25)(H,23,26)/t11-/m1/s1. The summed E-state index contributed by atoms with van der Waals surface area (Å²) < 4.78 is 41.7. The van der Waals surface area contributed by atoms with Crippen molar-refractivity contribution in [2.24, 2.45) is 0 Å². The van der Waals surface area contributed by atoms with Gasteiger partial charge in [-0.05, 0) is 31.2 Å². The van der Waals surface area contributed by atoms with E-state index in [0.29, 0.717) is 11.4 Å². The van der Waals surface area contributed by atoms with Crippen molar-refractivity contribution in [1.29, 1.82) is 0 Å². The molecule has 0 aromatic heterocycles. The van der Waals surface area contributed by atoms with Gasteiger partial charge in [0.05, 0.1) is 17.1 Å². The van der Waals surface area contributed by atoms with Gasteiger partial charge in [-0.1, -0.05) is 24.3 Å². The van der Waals surface area contributed by atoms with Crippen LogP contribution < -0.4 is 20.3 Å². The van der Waals surface area contributed by atoms with Crippen LogP contribution in [0, 0.1) is 0 Å². The summed E-state index contributed by atoms with van der Waals surface area (Å²) in [6, 6.07) is 10.8. The van der Waals surface area contributed by atoms with E-state index in [9.17, 15) is 22.8 Å². The zero-order chi connectivity index (χ0) is 19.6. The van der Waals surface area contributed by atoms with E-state index in [2.05, 4.69) is 15.4 Å². The number of hydrogen-bond acceptors (Lipinski definition) is 3. The van der Waals surface area contributed by atoms with Crippen molar-refractivity contribution in [2.75, 3.05) is 15.5 Å². The Morgan fingerprint density at radius 2 is 1.85 bits per heavy atom. The molecule has 9 heteroatoms. The first-order valence-electron chi connectivity index (χ1n) is 8.08. The van der Waals surface area contributed by atoms with Crippen molar-refractivity contribution >= 4 is 29.0 Å². The van der Waals surface area contributed by atoms with Crippen molar-refractivity contribution in [3.63, 3.8) is 0 Å². The molecule has 1 aliphatic rings. The largest absolute Gasteiger partial charge is 0.573 e. The van der Waals surface area contributed by atoms with Gasteiger partial charge in [-0.25, -0.2) is 4.79 Å². The number of nitrogens with zero attached hydrogens (tertiary/aromatic N) is 1. The highest BCUT2D eigenvalue weighted by Crippen LogP contribution is 2.34. The highest BCUT2D eigenvalue weighted by Gasteiger charge is 2.33. The fourth-order valence-electron chi connectivity index (χ4n) is 2.86. The molecule has 142 valence electrons. The van der Waals surface area contributed by atoms with E-state index in [1.54, 1.807) is 31.2 Å². The normalized spacial score (nSPS) is 16.8. The van der Waals surface area contributed by atoms with Gasteiger partial charge in [0.2, 0.25) is 5.91 Å². The second kappa shape index (κ2) is 7.18. The van der Waals surface area contributed by atoms with E-state index in [1.165, 1.54) is 23.1 Å². The number of amides is 3. The van der Waals surface area contributed by atoms with E-state index in [4.69, 9.17) is 0 Å². The Labute approximate surface area is 152 Å². The number of hydrogen-bond donors (Lipinski definition) is 2. The summed E-state index contributed by atoms with van der Waals surface area (Å²) in [4.78, 5) is 26.2. The molecule has 3 rings (SSSR count). The Hall–Kier alpha value is -3.23. The highest BCUT2D eigenvalue weighted by atomic mass is 19.4. The summed E-state index contributed by atoms with van der Waals surface area (Å²) in [5.41, 5.74) is 0.762. The van der Waals surface area contributed by atoms with Crippen LogP contribution >= 0.6 is 0 Å². The molecule has 27 heavy (non-hydrogen) atoms. The lowest BCUT2D eigenvalue weighted by Crippen LogP contribution is -2.42. The lowest BCUT2D eigenvalue weighted by Gasteiger charge is -2.28. The van der Waals surface area contributed by atoms with Crippen molar-refractivity contribution in [1.82, 2.24) is 0 Å². The average molecular weight is 379 g/mol. The Kier molecular flexibility index (Phi) is 4.93. The fraction of sp³-hybridized carbons (Fsp3) is 0.222. The molecule has 1 atom stereocenters. The Morgan fingerprint density at radius 3 is 2.59 bits per heavy atom. The number of nitrogens with one attached hydrogen (secondary N) is 2. The number of para-hydroxylation sites is 4. The Bertz CT molecular complexity index is 870. The molecule has 3 amide bonds. The molecule has 6 nitrogen and oxygen atoms in total. The van der Waals surface area contributed by atoms with Crippen molar-refractivity contribution < 1.29 is 27.5 Å². The predicted molar refractivity (Wildman–Crippen MR) is 93.8 cm³/mol. The molecule has 0 saturated carbocycles. The number of alkyl halides is 3. The first-order valence-corrected chi connectivity index (χ1v) is 8.08. The molecule has 2 aromatic rings. The van der Waals surface area contributed by atoms with E-state index in [1.807, 2.05) is 0 Å². The van der Waals surface area contributed by atoms with Crippen LogP contribution in [0.5, 0.6) is 5.75 Å². The lowest BCUT2D eigenvalue weighted by molar-refractivity contribution is -0.274. The number of rotatable bonds is 2. The first-order chi connectivity index (χ1) is 12.7. The second-order valence-corrected chi connectivity index (χ2v) is 5.96. The smallest absolute Gasteiger partial charge is 0.404 e. The van der Waals surface area contributed by atoms with Crippen LogP contribution in [0.25, 0.3) is 0 Å². The number of carbonyl (C=O) groups excluding carboxylic acids is 2. The molecule has 0 aliphatic carbocycles. The zero-order valence-corrected chi connectivity index (χ0v) is 14.2. The van der Waals surface area contributed by atoms with Gasteiger partial charge in [-0.15, -0.1) is 13.2 Å². The zero-order valence-electron chi connectivity index (χ0n) is 14.2. The molecule has 0 saturated heterocycles. The maximum atomic E-state index is 12.9. The molecular weight excluding hydrogens is 363 g/mol. The molecule has 1 heterocycles. The molecule has 0 bridgehead atoms. The molecule has 0 radical (unpaired) electrons. The molecule has 1 aliphatic heterocycles. The topological polar surface area (TPSA) is 70.7 Å². The van der Waals surface area contributed by atoms with E-state index < -0.39 is 24.2 Å². The van der Waals surface area contributed by atoms with Gasteiger partial charge in [-0.2, -0.15) is 0 Å². The number of fused-ring (bicyclic) bond motifs is 1. The van der Waals surface area contributed by atoms with E-state index in [0.717, 1.165) is 6.07 Å². The van der Waals surface area contributed by atoms with Gasteiger partial charge < -0.3 is 15.4 Å². The average Bonchev–Trinajstić information content (AvgIpc) is 2.69. The number of carbonyl (C=O) groups is 2. The third-order valence-corrected chi connectivity index (χ3v) is 3.93. The minimum Gasteiger partial charge on any atom is -0.404 e. The van der Waals surface area contributed by atoms with Gasteiger partial charge in [-0.3, -0.25) is 9.69 Å². The van der Waals surface area contributed by atoms with Crippen LogP contribution in [0.4, 0.5) is 35.0 Å². The van der Waals surface area contributed by atoms with Crippen LogP contribution in [-0.4, -0.2) is 24.3 Å². The predicted octanol–water partition coefficient (Wildman–Crippen LogP) is 4.35. The van der Waals surface area contributed by atoms with Crippen LogP contribution in [0.3, 0.4) is 0 Å². The SMILES string of the molecule is C[C@@H]1CC(=O)Nc2ccccc2N1C(=O)Nc1ccccc1OC(F)(F)F. The quantitative estimate of drug-likeness (QED) is 0.815. The minimum absolute atomic E-state index is 0.0444. The summed E-state index contributed by atoms with van der Waals surface area (Å²) in [5.74, 6) is -0.783. The number of benzene rings is 2. The number of urea groups is 1. The molecule has 0 fully saturated rings. The second-order valence-electron chi connectivity index (χ2n) is 5.96. The van der Waals surface area contributed by atoms with Crippen molar-refractivity contribution in [3.8, 4) is 5.75 Å². The third-order valence-electron chi connectivity index (χ3n) is 3.93. The number of halogens is 3. The van der Waals surface area contributed by atoms with E-state index in [-0.39, 0.29) is 18.0 Å². The van der Waals surface area contributed by atoms with Crippen molar-refractivity contribution in [2.45, 2.75) is 25.7 Å². The van der Waals surface area contributed by atoms with Gasteiger partial charge >= 0.3 is 12.4 Å². The Morgan fingerprint density at radius 1 is 1.19 bits per heavy atom. The first kappa shape index (κ1) is 18.6. The van der Waals surface area contributed by atoms with Gasteiger partial charge in [0.15, 0.2) is 5.75 Å². The summed E-state index contributed by atoms with van der Waals surface area (Å²) in [7, 11) is 0. The maximum absolute atomic E-state index is 12.9. The molecule has 2 aromatic carbocycles. The lowest BCUT2D eigenvalue weighted by atomic mass is 10.2. The Balaban J connectivity index is 1.91. The summed E-state index contributed by atoms with van der Waals surface area (Å²) in [6.45, 7) is 1.68. The molecular formula is C18H16F3N3O3. The molecule has 0 spiro atoms. The summed E-state index contributed by atoms with van der Waals surface area (Å²) in [5, 5.41) is 5.15. The van der Waals surface area contributed by atoms with Gasteiger partial charge in [0, 0.05) is 12.5 Å². The monoisotopic (exact) mass is 379 g/mol. The summed E-state index contributed by atoms with van der Waals surface area (Å²) >= 11 is 0. The minimum atomic E-state index is -4.89. The summed E-state index contributed by atoms with van der Waals surface area (Å²) in [6.07, 6.45) is -4.84. The number of ether oxygens (including phenoxy) is 1. The third kappa shape index (κ3) is 4.30. The number of anilines is 3. The van der Waals surface area contributed by atoms with Crippen molar-refractivity contribution in [3.05, 3.63) is 48.5 Å².